The van der Waals surface area contributed by atoms with Gasteiger partial charge >= 0.3 is 0 Å². The summed E-state index contributed by atoms with van der Waals surface area (Å²) in [5, 5.41) is 0. The van der Waals surface area contributed by atoms with E-state index in [9.17, 15) is 4.79 Å². The van der Waals surface area contributed by atoms with Crippen molar-refractivity contribution in [3.05, 3.63) is 51.1 Å². The van der Waals surface area contributed by atoms with Crippen molar-refractivity contribution in [2.75, 3.05) is 0 Å². The number of aryl methyl sites for hydroxylation is 3. The second-order valence-corrected chi connectivity index (χ2v) is 4.96. The zero-order valence-corrected chi connectivity index (χ0v) is 10.7. The van der Waals surface area contributed by atoms with Gasteiger partial charge < -0.3 is 4.98 Å². The molecule has 0 bridgehead atoms. The van der Waals surface area contributed by atoms with E-state index in [1.807, 2.05) is 13.8 Å². The minimum absolute atomic E-state index is 0.0435. The first-order valence-electron chi connectivity index (χ1n) is 6.35. The van der Waals surface area contributed by atoms with Crippen LogP contribution in [0.1, 0.15) is 28.9 Å². The molecule has 0 unspecified atom stereocenters. The molecule has 1 aromatic heterocycles. The predicted octanol–water partition coefficient (Wildman–Crippen LogP) is 2.54. The lowest BCUT2D eigenvalue weighted by Crippen LogP contribution is -2.14. The van der Waals surface area contributed by atoms with Crippen molar-refractivity contribution in [2.45, 2.75) is 33.1 Å². The zero-order valence-electron chi connectivity index (χ0n) is 10.7. The fourth-order valence-electron chi connectivity index (χ4n) is 2.65. The summed E-state index contributed by atoms with van der Waals surface area (Å²) in [7, 11) is 0. The molecule has 0 radical (unpaired) electrons. The van der Waals surface area contributed by atoms with Gasteiger partial charge in [0.1, 0.15) is 5.82 Å². The molecule has 1 heterocycles. The standard InChI is InChI=1S/C15H16N2O/c1-9-14(16-10(2)17-15(9)18)13-7-6-11-4-3-5-12(11)8-13/h6-8H,3-5H2,1-2H3,(H,16,17,18). The lowest BCUT2D eigenvalue weighted by molar-refractivity contribution is 0.912. The number of nitrogens with zero attached hydrogens (tertiary/aromatic N) is 1. The topological polar surface area (TPSA) is 45.8 Å². The van der Waals surface area contributed by atoms with Gasteiger partial charge in [0.05, 0.1) is 5.69 Å². The highest BCUT2D eigenvalue weighted by Crippen LogP contribution is 2.27. The molecule has 3 heteroatoms. The molecule has 3 nitrogen and oxygen atoms in total. The van der Waals surface area contributed by atoms with Crippen molar-refractivity contribution in [1.82, 2.24) is 9.97 Å². The summed E-state index contributed by atoms with van der Waals surface area (Å²) in [4.78, 5) is 19.0. The SMILES string of the molecule is Cc1nc(-c2ccc3c(c2)CCC3)c(C)c(=O)[nH]1. The van der Waals surface area contributed by atoms with Crippen molar-refractivity contribution in [1.29, 1.82) is 0 Å². The lowest BCUT2D eigenvalue weighted by atomic mass is 10.0. The number of benzene rings is 1. The maximum Gasteiger partial charge on any atom is 0.254 e. The van der Waals surface area contributed by atoms with Crippen LogP contribution >= 0.6 is 0 Å². The second kappa shape index (κ2) is 4.09. The smallest absolute Gasteiger partial charge is 0.254 e. The van der Waals surface area contributed by atoms with Gasteiger partial charge in [-0.3, -0.25) is 4.79 Å². The molecule has 0 fully saturated rings. The molecule has 0 spiro atoms. The Morgan fingerprint density at radius 1 is 1.17 bits per heavy atom. The Hall–Kier alpha value is -1.90. The van der Waals surface area contributed by atoms with Crippen LogP contribution in [0.4, 0.5) is 0 Å². The number of nitrogens with one attached hydrogen (secondary N) is 1. The van der Waals surface area contributed by atoms with E-state index in [1.165, 1.54) is 24.0 Å². The molecule has 92 valence electrons. The highest BCUT2D eigenvalue weighted by molar-refractivity contribution is 5.64. The molecular weight excluding hydrogens is 224 g/mol. The van der Waals surface area contributed by atoms with E-state index in [2.05, 4.69) is 28.2 Å². The molecule has 0 saturated heterocycles. The molecular formula is C15H16N2O. The van der Waals surface area contributed by atoms with Gasteiger partial charge in [0.25, 0.3) is 5.56 Å². The summed E-state index contributed by atoms with van der Waals surface area (Å²) < 4.78 is 0. The summed E-state index contributed by atoms with van der Waals surface area (Å²) in [5.41, 5.74) is 5.37. The summed E-state index contributed by atoms with van der Waals surface area (Å²) in [6.07, 6.45) is 3.56. The Kier molecular flexibility index (Phi) is 2.54. The molecule has 0 aliphatic heterocycles. The van der Waals surface area contributed by atoms with Crippen molar-refractivity contribution >= 4 is 0 Å². The predicted molar refractivity (Wildman–Crippen MR) is 71.8 cm³/mol. The number of H-pyrrole nitrogens is 1. The van der Waals surface area contributed by atoms with Gasteiger partial charge in [-0.1, -0.05) is 12.1 Å². The molecule has 0 atom stereocenters. The first kappa shape index (κ1) is 11.2. The number of hydrogen-bond acceptors (Lipinski definition) is 2. The molecule has 3 rings (SSSR count). The molecule has 1 aliphatic rings. The number of fused-ring (bicyclic) bond motifs is 1. The minimum Gasteiger partial charge on any atom is -0.311 e. The molecule has 1 aliphatic carbocycles. The van der Waals surface area contributed by atoms with E-state index in [0.717, 1.165) is 17.7 Å². The zero-order chi connectivity index (χ0) is 12.7. The number of aromatic amines is 1. The molecule has 1 aromatic carbocycles. The Bertz CT molecular complexity index is 671. The normalized spacial score (nSPS) is 13.7. The fraction of sp³-hybridized carbons (Fsp3) is 0.333. The summed E-state index contributed by atoms with van der Waals surface area (Å²) in [6, 6.07) is 6.45. The Balaban J connectivity index is 2.18. The maximum absolute atomic E-state index is 11.8. The van der Waals surface area contributed by atoms with Crippen LogP contribution in [0.2, 0.25) is 0 Å². The highest BCUT2D eigenvalue weighted by Gasteiger charge is 2.14. The van der Waals surface area contributed by atoms with Gasteiger partial charge in [0, 0.05) is 11.1 Å². The third kappa shape index (κ3) is 1.76. The Morgan fingerprint density at radius 2 is 1.94 bits per heavy atom. The van der Waals surface area contributed by atoms with Gasteiger partial charge in [-0.05, 0) is 50.3 Å². The van der Waals surface area contributed by atoms with Crippen LogP contribution in [0.5, 0.6) is 0 Å². The fourth-order valence-corrected chi connectivity index (χ4v) is 2.65. The van der Waals surface area contributed by atoms with Gasteiger partial charge in [-0.2, -0.15) is 0 Å². The van der Waals surface area contributed by atoms with Crippen LogP contribution in [-0.4, -0.2) is 9.97 Å². The second-order valence-electron chi connectivity index (χ2n) is 4.96. The van der Waals surface area contributed by atoms with Gasteiger partial charge in [0.2, 0.25) is 0 Å². The van der Waals surface area contributed by atoms with Crippen LogP contribution < -0.4 is 5.56 Å². The van der Waals surface area contributed by atoms with Crippen molar-refractivity contribution in [2.24, 2.45) is 0 Å². The third-order valence-electron chi connectivity index (χ3n) is 3.64. The molecule has 1 N–H and O–H groups in total. The molecule has 2 aromatic rings. The average Bonchev–Trinajstić information content (AvgIpc) is 2.80. The van der Waals surface area contributed by atoms with E-state index in [4.69, 9.17) is 0 Å². The summed E-state index contributed by atoms with van der Waals surface area (Å²) in [6.45, 7) is 3.64. The average molecular weight is 240 g/mol. The first-order chi connectivity index (χ1) is 8.65. The van der Waals surface area contributed by atoms with E-state index in [-0.39, 0.29) is 5.56 Å². The van der Waals surface area contributed by atoms with E-state index in [0.29, 0.717) is 11.4 Å². The summed E-state index contributed by atoms with van der Waals surface area (Å²) >= 11 is 0. The van der Waals surface area contributed by atoms with E-state index < -0.39 is 0 Å². The lowest BCUT2D eigenvalue weighted by Gasteiger charge is -2.08. The summed E-state index contributed by atoms with van der Waals surface area (Å²) in [5.74, 6) is 0.668. The largest absolute Gasteiger partial charge is 0.311 e. The maximum atomic E-state index is 11.8. The molecule has 0 amide bonds. The Morgan fingerprint density at radius 3 is 2.78 bits per heavy atom. The highest BCUT2D eigenvalue weighted by atomic mass is 16.1. The first-order valence-corrected chi connectivity index (χ1v) is 6.35. The van der Waals surface area contributed by atoms with Gasteiger partial charge in [-0.25, -0.2) is 4.98 Å². The van der Waals surface area contributed by atoms with Crippen LogP contribution in [0.15, 0.2) is 23.0 Å². The number of aromatic nitrogens is 2. The van der Waals surface area contributed by atoms with E-state index in [1.54, 1.807) is 0 Å². The van der Waals surface area contributed by atoms with Crippen LogP contribution in [0.25, 0.3) is 11.3 Å². The minimum atomic E-state index is -0.0435. The van der Waals surface area contributed by atoms with Crippen LogP contribution in [0.3, 0.4) is 0 Å². The Labute approximate surface area is 106 Å². The number of hydrogen-bond donors (Lipinski definition) is 1. The van der Waals surface area contributed by atoms with Crippen LogP contribution in [0, 0.1) is 13.8 Å². The van der Waals surface area contributed by atoms with Crippen molar-refractivity contribution < 1.29 is 0 Å². The van der Waals surface area contributed by atoms with Crippen LogP contribution in [-0.2, 0) is 12.8 Å². The van der Waals surface area contributed by atoms with Crippen molar-refractivity contribution in [3.63, 3.8) is 0 Å². The molecule has 0 saturated carbocycles. The number of rotatable bonds is 1. The monoisotopic (exact) mass is 240 g/mol. The third-order valence-corrected chi connectivity index (χ3v) is 3.64. The quantitative estimate of drug-likeness (QED) is 0.832. The molecule has 18 heavy (non-hydrogen) atoms. The van der Waals surface area contributed by atoms with E-state index >= 15 is 0 Å². The van der Waals surface area contributed by atoms with Gasteiger partial charge in [0.15, 0.2) is 0 Å². The van der Waals surface area contributed by atoms with Crippen molar-refractivity contribution in [3.8, 4) is 11.3 Å². The van der Waals surface area contributed by atoms with Gasteiger partial charge in [-0.15, -0.1) is 0 Å².